The summed E-state index contributed by atoms with van der Waals surface area (Å²) in [6.45, 7) is 6.63. The van der Waals surface area contributed by atoms with E-state index in [-0.39, 0.29) is 12.5 Å². The van der Waals surface area contributed by atoms with Crippen LogP contribution in [0.4, 0.5) is 0 Å². The molecule has 1 aromatic rings. The third kappa shape index (κ3) is 8.52. The number of thioether (sulfide) groups is 1. The predicted octanol–water partition coefficient (Wildman–Crippen LogP) is 2.28. The Kier molecular flexibility index (Phi) is 10.2. The quantitative estimate of drug-likeness (QED) is 0.286. The van der Waals surface area contributed by atoms with Gasteiger partial charge in [-0.1, -0.05) is 25.1 Å². The van der Waals surface area contributed by atoms with Crippen LogP contribution in [0.5, 0.6) is 0 Å². The Bertz CT molecular complexity index is 600. The molecule has 0 bridgehead atoms. The lowest BCUT2D eigenvalue weighted by Gasteiger charge is -2.32. The number of piperidine rings is 1. The fourth-order valence-electron chi connectivity index (χ4n) is 3.11. The average molecular weight is 406 g/mol. The maximum Gasteiger partial charge on any atom is 0.243 e. The Morgan fingerprint density at radius 2 is 1.96 bits per heavy atom. The van der Waals surface area contributed by atoms with Crippen molar-refractivity contribution in [1.29, 1.82) is 0 Å². The highest BCUT2D eigenvalue weighted by molar-refractivity contribution is 7.99. The van der Waals surface area contributed by atoms with Crippen molar-refractivity contribution >= 4 is 23.6 Å². The zero-order chi connectivity index (χ0) is 20.2. The molecule has 2 rings (SSSR count). The van der Waals surface area contributed by atoms with Crippen molar-refractivity contribution in [3.8, 4) is 0 Å². The van der Waals surface area contributed by atoms with E-state index in [1.165, 1.54) is 17.9 Å². The molecule has 28 heavy (non-hydrogen) atoms. The highest BCUT2D eigenvalue weighted by Gasteiger charge is 2.19. The number of carbonyl (C=O) groups excluding carboxylic acids is 1. The van der Waals surface area contributed by atoms with E-state index < -0.39 is 0 Å². The lowest BCUT2D eigenvalue weighted by molar-refractivity contribution is -0.127. The normalized spacial score (nSPS) is 16.0. The van der Waals surface area contributed by atoms with Gasteiger partial charge in [0.1, 0.15) is 6.54 Å². The number of amides is 1. The van der Waals surface area contributed by atoms with Crippen LogP contribution in [0.1, 0.15) is 26.2 Å². The molecule has 0 spiro atoms. The summed E-state index contributed by atoms with van der Waals surface area (Å²) in [5, 5.41) is 6.95. The first-order valence-corrected chi connectivity index (χ1v) is 11.2. The maximum atomic E-state index is 11.9. The van der Waals surface area contributed by atoms with Crippen molar-refractivity contribution in [1.82, 2.24) is 20.4 Å². The van der Waals surface area contributed by atoms with Crippen LogP contribution >= 0.6 is 11.8 Å². The third-order valence-corrected chi connectivity index (χ3v) is 5.76. The van der Waals surface area contributed by atoms with Crippen LogP contribution in [0.3, 0.4) is 0 Å². The Balaban J connectivity index is 1.82. The number of hydrogen-bond acceptors (Lipinski definition) is 4. The van der Waals surface area contributed by atoms with Gasteiger partial charge < -0.3 is 20.4 Å². The molecule has 2 N–H and O–H groups in total. The molecule has 0 aliphatic carbocycles. The molecular weight excluding hydrogens is 370 g/mol. The highest BCUT2D eigenvalue weighted by atomic mass is 32.2. The summed E-state index contributed by atoms with van der Waals surface area (Å²) in [6.07, 6.45) is 3.43. The molecule has 1 saturated heterocycles. The Morgan fingerprint density at radius 3 is 2.61 bits per heavy atom. The zero-order valence-corrected chi connectivity index (χ0v) is 18.3. The SMILES string of the molecule is CCCN1CCC(NC(=NCC(=O)N(C)C)NCCSc2ccccc2)CC1. The van der Waals surface area contributed by atoms with E-state index >= 15 is 0 Å². The van der Waals surface area contributed by atoms with Gasteiger partial charge in [-0.2, -0.15) is 0 Å². The highest BCUT2D eigenvalue weighted by Crippen LogP contribution is 2.15. The molecule has 1 aliphatic rings. The largest absolute Gasteiger partial charge is 0.356 e. The first kappa shape index (κ1) is 22.6. The number of benzene rings is 1. The van der Waals surface area contributed by atoms with E-state index in [0.29, 0.717) is 6.04 Å². The topological polar surface area (TPSA) is 60.0 Å². The summed E-state index contributed by atoms with van der Waals surface area (Å²) in [4.78, 5) is 21.8. The molecule has 156 valence electrons. The first-order chi connectivity index (χ1) is 13.6. The van der Waals surface area contributed by atoms with Crippen molar-refractivity contribution in [2.45, 2.75) is 37.1 Å². The van der Waals surface area contributed by atoms with Crippen LogP contribution in [-0.2, 0) is 4.79 Å². The van der Waals surface area contributed by atoms with Gasteiger partial charge in [0.15, 0.2) is 5.96 Å². The molecular formula is C21H35N5OS. The molecule has 6 nitrogen and oxygen atoms in total. The molecule has 1 aromatic carbocycles. The van der Waals surface area contributed by atoms with Crippen LogP contribution in [0, 0.1) is 0 Å². The summed E-state index contributed by atoms with van der Waals surface area (Å²) < 4.78 is 0. The number of likely N-dealkylation sites (N-methyl/N-ethyl adjacent to an activating group) is 1. The fraction of sp³-hybridized carbons (Fsp3) is 0.619. The van der Waals surface area contributed by atoms with Gasteiger partial charge >= 0.3 is 0 Å². The van der Waals surface area contributed by atoms with Crippen LogP contribution in [0.25, 0.3) is 0 Å². The van der Waals surface area contributed by atoms with Crippen LogP contribution in [0.2, 0.25) is 0 Å². The van der Waals surface area contributed by atoms with Gasteiger partial charge in [-0.3, -0.25) is 4.79 Å². The standard InChI is InChI=1S/C21H35N5OS/c1-4-13-26-14-10-18(11-15-26)24-21(23-17-20(27)25(2)3)22-12-16-28-19-8-6-5-7-9-19/h5-9,18H,4,10-17H2,1-3H3,(H2,22,23,24). The summed E-state index contributed by atoms with van der Waals surface area (Å²) in [7, 11) is 3.52. The number of likely N-dealkylation sites (tertiary alicyclic amines) is 1. The molecule has 1 fully saturated rings. The minimum atomic E-state index is 0.0116. The van der Waals surface area contributed by atoms with Gasteiger partial charge in [0.2, 0.25) is 5.91 Å². The van der Waals surface area contributed by atoms with E-state index in [1.54, 1.807) is 19.0 Å². The second kappa shape index (κ2) is 12.7. The van der Waals surface area contributed by atoms with Crippen molar-refractivity contribution in [3.63, 3.8) is 0 Å². The minimum Gasteiger partial charge on any atom is -0.356 e. The lowest BCUT2D eigenvalue weighted by atomic mass is 10.1. The molecule has 1 heterocycles. The van der Waals surface area contributed by atoms with Crippen LogP contribution in [0.15, 0.2) is 40.2 Å². The van der Waals surface area contributed by atoms with E-state index in [1.807, 2.05) is 17.8 Å². The van der Waals surface area contributed by atoms with E-state index in [9.17, 15) is 4.79 Å². The van der Waals surface area contributed by atoms with Gasteiger partial charge in [-0.05, 0) is 37.9 Å². The van der Waals surface area contributed by atoms with Gasteiger partial charge in [-0.25, -0.2) is 4.99 Å². The maximum absolute atomic E-state index is 11.9. The smallest absolute Gasteiger partial charge is 0.243 e. The fourth-order valence-corrected chi connectivity index (χ4v) is 3.90. The molecule has 7 heteroatoms. The number of guanidine groups is 1. The first-order valence-electron chi connectivity index (χ1n) is 10.2. The lowest BCUT2D eigenvalue weighted by Crippen LogP contribution is -2.49. The Hall–Kier alpha value is -1.73. The van der Waals surface area contributed by atoms with Crippen molar-refractivity contribution < 1.29 is 4.79 Å². The number of rotatable bonds is 9. The van der Waals surface area contributed by atoms with Gasteiger partial charge in [0.25, 0.3) is 0 Å². The van der Waals surface area contributed by atoms with E-state index in [2.05, 4.69) is 51.7 Å². The second-order valence-corrected chi connectivity index (χ2v) is 8.47. The number of aliphatic imine (C=N–C) groups is 1. The summed E-state index contributed by atoms with van der Waals surface area (Å²) in [5.41, 5.74) is 0. The molecule has 0 unspecified atom stereocenters. The molecule has 1 aliphatic heterocycles. The van der Waals surface area contributed by atoms with Gasteiger partial charge in [-0.15, -0.1) is 11.8 Å². The predicted molar refractivity (Wildman–Crippen MR) is 119 cm³/mol. The Labute approximate surface area is 174 Å². The zero-order valence-electron chi connectivity index (χ0n) is 17.5. The number of hydrogen-bond donors (Lipinski definition) is 2. The van der Waals surface area contributed by atoms with Crippen molar-refractivity contribution in [3.05, 3.63) is 30.3 Å². The van der Waals surface area contributed by atoms with Crippen LogP contribution in [-0.4, -0.2) is 80.3 Å². The van der Waals surface area contributed by atoms with Crippen molar-refractivity contribution in [2.24, 2.45) is 4.99 Å². The monoisotopic (exact) mass is 405 g/mol. The summed E-state index contributed by atoms with van der Waals surface area (Å²) in [6, 6.07) is 10.8. The van der Waals surface area contributed by atoms with E-state index in [4.69, 9.17) is 0 Å². The molecule has 0 radical (unpaired) electrons. The minimum absolute atomic E-state index is 0.0116. The van der Waals surface area contributed by atoms with Crippen molar-refractivity contribution in [2.75, 3.05) is 52.6 Å². The second-order valence-electron chi connectivity index (χ2n) is 7.30. The van der Waals surface area contributed by atoms with Crippen LogP contribution < -0.4 is 10.6 Å². The molecule has 0 saturated carbocycles. The molecule has 1 amide bonds. The number of carbonyl (C=O) groups is 1. The van der Waals surface area contributed by atoms with Gasteiger partial charge in [0, 0.05) is 50.4 Å². The number of nitrogens with zero attached hydrogens (tertiary/aromatic N) is 3. The van der Waals surface area contributed by atoms with E-state index in [0.717, 1.165) is 44.2 Å². The van der Waals surface area contributed by atoms with Gasteiger partial charge in [0.05, 0.1) is 0 Å². The molecule has 0 aromatic heterocycles. The summed E-state index contributed by atoms with van der Waals surface area (Å²) in [5.74, 6) is 1.71. The average Bonchev–Trinajstić information content (AvgIpc) is 2.71. The summed E-state index contributed by atoms with van der Waals surface area (Å²) >= 11 is 1.82. The number of nitrogens with one attached hydrogen (secondary N) is 2. The Morgan fingerprint density at radius 1 is 1.25 bits per heavy atom. The third-order valence-electron chi connectivity index (χ3n) is 4.75. The molecule has 0 atom stereocenters.